The van der Waals surface area contributed by atoms with E-state index in [0.717, 1.165) is 19.4 Å². The van der Waals surface area contributed by atoms with Crippen molar-refractivity contribution in [2.24, 2.45) is 10.8 Å². The van der Waals surface area contributed by atoms with Gasteiger partial charge in [0, 0.05) is 24.8 Å². The maximum Gasteiger partial charge on any atom is 0.274 e. The monoisotopic (exact) mass is 289 g/mol. The lowest BCUT2D eigenvalue weighted by atomic mass is 9.65. The van der Waals surface area contributed by atoms with Crippen LogP contribution in [0.4, 0.5) is 0 Å². The SMILES string of the molecule is CC(C)n1ccc(C(=O)N2C[C@]3(C)C[C@H]2CC(C)(C)C3)n1. The second kappa shape index (κ2) is 4.59. The minimum Gasteiger partial charge on any atom is -0.334 e. The Morgan fingerprint density at radius 3 is 2.67 bits per heavy atom. The lowest BCUT2D eigenvalue weighted by Crippen LogP contribution is -2.38. The molecule has 2 atom stereocenters. The molecule has 1 aromatic heterocycles. The van der Waals surface area contributed by atoms with Gasteiger partial charge in [0.2, 0.25) is 0 Å². The summed E-state index contributed by atoms with van der Waals surface area (Å²) in [7, 11) is 0. The van der Waals surface area contributed by atoms with Gasteiger partial charge < -0.3 is 4.90 Å². The highest BCUT2D eigenvalue weighted by molar-refractivity contribution is 5.92. The summed E-state index contributed by atoms with van der Waals surface area (Å²) in [6.07, 6.45) is 5.37. The molecule has 0 spiro atoms. The molecule has 1 saturated carbocycles. The van der Waals surface area contributed by atoms with Gasteiger partial charge in [0.1, 0.15) is 5.69 Å². The van der Waals surface area contributed by atoms with E-state index in [0.29, 0.717) is 23.2 Å². The van der Waals surface area contributed by atoms with E-state index in [1.165, 1.54) is 6.42 Å². The van der Waals surface area contributed by atoms with Crippen LogP contribution < -0.4 is 0 Å². The summed E-state index contributed by atoms with van der Waals surface area (Å²) < 4.78 is 1.86. The van der Waals surface area contributed by atoms with Crippen molar-refractivity contribution < 1.29 is 4.79 Å². The minimum atomic E-state index is 0.112. The van der Waals surface area contributed by atoms with E-state index in [4.69, 9.17) is 0 Å². The summed E-state index contributed by atoms with van der Waals surface area (Å²) in [4.78, 5) is 14.9. The third-order valence-corrected chi connectivity index (χ3v) is 5.03. The first-order valence-corrected chi connectivity index (χ1v) is 8.05. The van der Waals surface area contributed by atoms with Crippen LogP contribution in [0.2, 0.25) is 0 Å². The van der Waals surface area contributed by atoms with Crippen LogP contribution >= 0.6 is 0 Å². The molecule has 2 bridgehead atoms. The Balaban J connectivity index is 1.82. The Hall–Kier alpha value is -1.32. The molecule has 1 aliphatic heterocycles. The van der Waals surface area contributed by atoms with Crippen molar-refractivity contribution in [2.45, 2.75) is 66.0 Å². The van der Waals surface area contributed by atoms with Crippen LogP contribution in [0, 0.1) is 10.8 Å². The number of hydrogen-bond acceptors (Lipinski definition) is 2. The third-order valence-electron chi connectivity index (χ3n) is 5.03. The van der Waals surface area contributed by atoms with Gasteiger partial charge in [0.15, 0.2) is 0 Å². The van der Waals surface area contributed by atoms with Gasteiger partial charge in [-0.05, 0) is 50.0 Å². The van der Waals surface area contributed by atoms with Gasteiger partial charge in [-0.25, -0.2) is 0 Å². The van der Waals surface area contributed by atoms with Gasteiger partial charge in [-0.3, -0.25) is 9.48 Å². The molecule has 1 saturated heterocycles. The largest absolute Gasteiger partial charge is 0.334 e. The molecule has 0 radical (unpaired) electrons. The average molecular weight is 289 g/mol. The van der Waals surface area contributed by atoms with Crippen molar-refractivity contribution in [3.8, 4) is 0 Å². The van der Waals surface area contributed by atoms with Crippen molar-refractivity contribution in [1.82, 2.24) is 14.7 Å². The normalized spacial score (nSPS) is 31.0. The highest BCUT2D eigenvalue weighted by Gasteiger charge is 2.51. The molecule has 1 aromatic rings. The van der Waals surface area contributed by atoms with Crippen molar-refractivity contribution in [3.63, 3.8) is 0 Å². The molecular weight excluding hydrogens is 262 g/mol. The molecule has 2 aliphatic rings. The highest BCUT2D eigenvalue weighted by atomic mass is 16.2. The number of carbonyl (C=O) groups is 1. The Labute approximate surface area is 127 Å². The van der Waals surface area contributed by atoms with Crippen LogP contribution in [0.25, 0.3) is 0 Å². The Kier molecular flexibility index (Phi) is 3.19. The van der Waals surface area contributed by atoms with Crippen LogP contribution in [0.15, 0.2) is 12.3 Å². The maximum absolute atomic E-state index is 12.8. The fraction of sp³-hybridized carbons (Fsp3) is 0.765. The number of amides is 1. The number of likely N-dealkylation sites (tertiary alicyclic amines) is 1. The van der Waals surface area contributed by atoms with E-state index in [-0.39, 0.29) is 11.3 Å². The molecule has 0 N–H and O–H groups in total. The fourth-order valence-corrected chi connectivity index (χ4v) is 4.58. The Bertz CT molecular complexity index is 560. The Morgan fingerprint density at radius 1 is 1.33 bits per heavy atom. The van der Waals surface area contributed by atoms with Crippen LogP contribution in [0.1, 0.15) is 70.4 Å². The summed E-state index contributed by atoms with van der Waals surface area (Å²) >= 11 is 0. The number of carbonyl (C=O) groups excluding carboxylic acids is 1. The van der Waals surface area contributed by atoms with E-state index in [9.17, 15) is 4.79 Å². The van der Waals surface area contributed by atoms with Crippen LogP contribution in [-0.4, -0.2) is 33.2 Å². The average Bonchev–Trinajstić information content (AvgIpc) is 2.90. The number of hydrogen-bond donors (Lipinski definition) is 0. The first-order chi connectivity index (χ1) is 9.69. The lowest BCUT2D eigenvalue weighted by Gasteiger charge is -2.39. The van der Waals surface area contributed by atoms with Crippen LogP contribution in [0.3, 0.4) is 0 Å². The third kappa shape index (κ3) is 2.60. The summed E-state index contributed by atoms with van der Waals surface area (Å²) in [6.45, 7) is 12.0. The molecule has 21 heavy (non-hydrogen) atoms. The first-order valence-electron chi connectivity index (χ1n) is 8.05. The number of fused-ring (bicyclic) bond motifs is 2. The van der Waals surface area contributed by atoms with E-state index >= 15 is 0 Å². The zero-order chi connectivity index (χ0) is 15.4. The van der Waals surface area contributed by atoms with E-state index < -0.39 is 0 Å². The van der Waals surface area contributed by atoms with Gasteiger partial charge in [-0.2, -0.15) is 5.10 Å². The Morgan fingerprint density at radius 2 is 2.05 bits per heavy atom. The summed E-state index contributed by atoms with van der Waals surface area (Å²) in [5.41, 5.74) is 1.21. The van der Waals surface area contributed by atoms with Gasteiger partial charge in [0.05, 0.1) is 0 Å². The standard InChI is InChI=1S/C17H27N3O/c1-12(2)20-7-6-14(18-20)15(21)19-11-17(5)9-13(19)8-16(3,4)10-17/h6-7,12-13H,8-11H2,1-5H3/t13-,17-/m1/s1. The zero-order valence-corrected chi connectivity index (χ0v) is 13.9. The van der Waals surface area contributed by atoms with Gasteiger partial charge in [0.25, 0.3) is 5.91 Å². The van der Waals surface area contributed by atoms with Gasteiger partial charge >= 0.3 is 0 Å². The molecule has 2 fully saturated rings. The summed E-state index contributed by atoms with van der Waals surface area (Å²) in [6, 6.07) is 2.54. The van der Waals surface area contributed by atoms with Gasteiger partial charge in [-0.1, -0.05) is 20.8 Å². The molecule has 4 nitrogen and oxygen atoms in total. The molecule has 2 heterocycles. The van der Waals surface area contributed by atoms with Crippen molar-refractivity contribution in [2.75, 3.05) is 6.54 Å². The van der Waals surface area contributed by atoms with Crippen molar-refractivity contribution in [1.29, 1.82) is 0 Å². The number of nitrogens with zero attached hydrogens (tertiary/aromatic N) is 3. The maximum atomic E-state index is 12.8. The highest BCUT2D eigenvalue weighted by Crippen LogP contribution is 2.52. The molecule has 0 unspecified atom stereocenters. The van der Waals surface area contributed by atoms with Gasteiger partial charge in [-0.15, -0.1) is 0 Å². The van der Waals surface area contributed by atoms with Crippen molar-refractivity contribution in [3.05, 3.63) is 18.0 Å². The number of rotatable bonds is 2. The molecule has 116 valence electrons. The van der Waals surface area contributed by atoms with Crippen molar-refractivity contribution >= 4 is 5.91 Å². The predicted molar refractivity (Wildman–Crippen MR) is 83.2 cm³/mol. The quantitative estimate of drug-likeness (QED) is 0.835. The fourth-order valence-electron chi connectivity index (χ4n) is 4.58. The molecule has 1 amide bonds. The second-order valence-electron chi connectivity index (χ2n) is 8.42. The van der Waals surface area contributed by atoms with Crippen LogP contribution in [-0.2, 0) is 0 Å². The molecule has 3 rings (SSSR count). The van der Waals surface area contributed by atoms with E-state index in [1.807, 2.05) is 16.9 Å². The molecule has 1 aliphatic carbocycles. The first kappa shape index (κ1) is 14.6. The molecular formula is C17H27N3O. The second-order valence-corrected chi connectivity index (χ2v) is 8.42. The topological polar surface area (TPSA) is 38.1 Å². The molecule has 0 aromatic carbocycles. The van der Waals surface area contributed by atoms with E-state index in [1.54, 1.807) is 0 Å². The van der Waals surface area contributed by atoms with Crippen LogP contribution in [0.5, 0.6) is 0 Å². The van der Waals surface area contributed by atoms with E-state index in [2.05, 4.69) is 44.6 Å². The summed E-state index contributed by atoms with van der Waals surface area (Å²) in [5.74, 6) is 0.112. The summed E-state index contributed by atoms with van der Waals surface area (Å²) in [5, 5.41) is 4.45. The smallest absolute Gasteiger partial charge is 0.274 e. The lowest BCUT2D eigenvalue weighted by molar-refractivity contribution is 0.0701. The number of aromatic nitrogens is 2. The minimum absolute atomic E-state index is 0.112. The zero-order valence-electron chi connectivity index (χ0n) is 13.9. The molecule has 4 heteroatoms. The predicted octanol–water partition coefficient (Wildman–Crippen LogP) is 3.50.